The minimum absolute atomic E-state index is 0.0938. The number of halogens is 6. The number of ether oxygens (including phenoxy) is 1. The number of amides is 1. The van der Waals surface area contributed by atoms with Crippen LogP contribution in [-0.4, -0.2) is 18.0 Å². The Morgan fingerprint density at radius 3 is 2.38 bits per heavy atom. The van der Waals surface area contributed by atoms with Crippen molar-refractivity contribution < 1.29 is 22.7 Å². The molecule has 0 bridgehead atoms. The van der Waals surface area contributed by atoms with E-state index in [9.17, 15) is 18.0 Å². The summed E-state index contributed by atoms with van der Waals surface area (Å²) in [7, 11) is 0. The summed E-state index contributed by atoms with van der Waals surface area (Å²) in [5, 5.41) is 3.00. The Bertz CT molecular complexity index is 1210. The fraction of sp³-hybridized carbons (Fsp3) is 0.240. The monoisotopic (exact) mass is 527 g/mol. The highest BCUT2D eigenvalue weighted by atomic mass is 35.5. The van der Waals surface area contributed by atoms with Crippen molar-refractivity contribution >= 4 is 46.4 Å². The minimum Gasteiger partial charge on any atom is -0.472 e. The summed E-state index contributed by atoms with van der Waals surface area (Å²) < 4.78 is 48.6. The predicted molar refractivity (Wildman–Crippen MR) is 129 cm³/mol. The van der Waals surface area contributed by atoms with Gasteiger partial charge in [0.1, 0.15) is 5.75 Å². The molecule has 34 heavy (non-hydrogen) atoms. The van der Waals surface area contributed by atoms with E-state index in [1.165, 1.54) is 24.3 Å². The van der Waals surface area contributed by atoms with Gasteiger partial charge < -0.3 is 10.1 Å². The van der Waals surface area contributed by atoms with Gasteiger partial charge in [-0.1, -0.05) is 41.4 Å². The van der Waals surface area contributed by atoms with Gasteiger partial charge in [-0.25, -0.2) is 0 Å². The Morgan fingerprint density at radius 1 is 1.00 bits per heavy atom. The van der Waals surface area contributed by atoms with E-state index in [1.54, 1.807) is 30.3 Å². The molecule has 0 radical (unpaired) electrons. The molecular formula is C25H19Cl3F3NO2. The number of anilines is 1. The van der Waals surface area contributed by atoms with E-state index < -0.39 is 18.2 Å². The third kappa shape index (κ3) is 4.99. The van der Waals surface area contributed by atoms with E-state index in [1.807, 2.05) is 6.07 Å². The van der Waals surface area contributed by atoms with Gasteiger partial charge in [0.05, 0.1) is 0 Å². The van der Waals surface area contributed by atoms with Crippen LogP contribution in [-0.2, 0) is 16.8 Å². The molecule has 178 valence electrons. The Kier molecular flexibility index (Phi) is 7.04. The van der Waals surface area contributed by atoms with Gasteiger partial charge in [0.25, 0.3) is 0 Å². The first-order valence-corrected chi connectivity index (χ1v) is 11.7. The molecule has 1 heterocycles. The lowest BCUT2D eigenvalue weighted by Crippen LogP contribution is -2.46. The predicted octanol–water partition coefficient (Wildman–Crippen LogP) is 8.01. The van der Waals surface area contributed by atoms with Gasteiger partial charge >= 0.3 is 6.18 Å². The van der Waals surface area contributed by atoms with Crippen LogP contribution < -0.4 is 10.1 Å². The van der Waals surface area contributed by atoms with E-state index in [4.69, 9.17) is 39.5 Å². The first-order chi connectivity index (χ1) is 16.1. The standard InChI is InChI=1S/C25H19Cl3F3NO2/c26-8-2-5-23(33)32-21-4-1-3-15(10-21)16-6-7-22-17(9-16)14-24(34-22,25(29,30)31)18-11-19(27)13-20(28)12-18/h1,3-4,6-7,9-13H,2,5,8,14H2,(H,32,33). The third-order valence-electron chi connectivity index (χ3n) is 5.59. The van der Waals surface area contributed by atoms with E-state index in [2.05, 4.69) is 5.32 Å². The summed E-state index contributed by atoms with van der Waals surface area (Å²) in [6, 6.07) is 15.8. The molecular weight excluding hydrogens is 510 g/mol. The van der Waals surface area contributed by atoms with E-state index in [0.717, 1.165) is 5.56 Å². The second-order valence-electron chi connectivity index (χ2n) is 8.01. The van der Waals surface area contributed by atoms with E-state index >= 15 is 0 Å². The van der Waals surface area contributed by atoms with Crippen molar-refractivity contribution in [3.8, 4) is 16.9 Å². The van der Waals surface area contributed by atoms with Crippen LogP contribution in [0.2, 0.25) is 10.0 Å². The van der Waals surface area contributed by atoms with Crippen LogP contribution in [0.5, 0.6) is 5.75 Å². The van der Waals surface area contributed by atoms with Crippen molar-refractivity contribution in [3.63, 3.8) is 0 Å². The number of carbonyl (C=O) groups excluding carboxylic acids is 1. The molecule has 0 fully saturated rings. The first-order valence-electron chi connectivity index (χ1n) is 10.4. The molecule has 0 spiro atoms. The zero-order valence-electron chi connectivity index (χ0n) is 17.7. The second kappa shape index (κ2) is 9.68. The highest BCUT2D eigenvalue weighted by Gasteiger charge is 2.61. The van der Waals surface area contributed by atoms with Crippen LogP contribution in [0.1, 0.15) is 24.0 Å². The van der Waals surface area contributed by atoms with Crippen LogP contribution in [0.25, 0.3) is 11.1 Å². The molecule has 0 aromatic heterocycles. The molecule has 1 atom stereocenters. The largest absolute Gasteiger partial charge is 0.472 e. The van der Waals surface area contributed by atoms with Gasteiger partial charge in [0.2, 0.25) is 11.5 Å². The molecule has 1 N–H and O–H groups in total. The molecule has 1 unspecified atom stereocenters. The number of rotatable bonds is 6. The van der Waals surface area contributed by atoms with Gasteiger partial charge in [-0.05, 0) is 65.6 Å². The van der Waals surface area contributed by atoms with Crippen molar-refractivity contribution in [2.24, 2.45) is 0 Å². The highest BCUT2D eigenvalue weighted by molar-refractivity contribution is 6.34. The number of nitrogens with one attached hydrogen (secondary N) is 1. The molecule has 9 heteroatoms. The fourth-order valence-corrected chi connectivity index (χ4v) is 4.65. The first kappa shape index (κ1) is 24.7. The number of carbonyl (C=O) groups is 1. The normalized spacial score (nSPS) is 17.2. The maximum absolute atomic E-state index is 14.4. The number of fused-ring (bicyclic) bond motifs is 1. The smallest absolute Gasteiger partial charge is 0.432 e. The van der Waals surface area contributed by atoms with Crippen molar-refractivity contribution in [1.82, 2.24) is 0 Å². The molecule has 1 amide bonds. The Labute approximate surface area is 209 Å². The van der Waals surface area contributed by atoms with Gasteiger partial charge in [-0.2, -0.15) is 13.2 Å². The molecule has 0 saturated heterocycles. The molecule has 4 rings (SSSR count). The number of hydrogen-bond acceptors (Lipinski definition) is 2. The van der Waals surface area contributed by atoms with Crippen LogP contribution >= 0.6 is 34.8 Å². The highest BCUT2D eigenvalue weighted by Crippen LogP contribution is 2.52. The zero-order chi connectivity index (χ0) is 24.5. The lowest BCUT2D eigenvalue weighted by molar-refractivity contribution is -0.248. The van der Waals surface area contributed by atoms with Crippen LogP contribution in [0, 0.1) is 0 Å². The molecule has 0 aliphatic carbocycles. The van der Waals surface area contributed by atoms with Gasteiger partial charge in [-0.3, -0.25) is 4.79 Å². The van der Waals surface area contributed by atoms with E-state index in [-0.39, 0.29) is 27.3 Å². The number of hydrogen-bond donors (Lipinski definition) is 1. The average Bonchev–Trinajstić information content (AvgIpc) is 3.18. The lowest BCUT2D eigenvalue weighted by Gasteiger charge is -2.31. The molecule has 3 aromatic carbocycles. The Hall–Kier alpha value is -2.41. The summed E-state index contributed by atoms with van der Waals surface area (Å²) in [6.07, 6.45) is -4.27. The summed E-state index contributed by atoms with van der Waals surface area (Å²) in [4.78, 5) is 12.0. The summed E-state index contributed by atoms with van der Waals surface area (Å²) in [5.74, 6) is 0.379. The summed E-state index contributed by atoms with van der Waals surface area (Å²) in [5.41, 5.74) is -0.318. The number of alkyl halides is 4. The fourth-order valence-electron chi connectivity index (χ4n) is 3.99. The van der Waals surface area contributed by atoms with Crippen LogP contribution in [0.3, 0.4) is 0 Å². The third-order valence-corrected chi connectivity index (χ3v) is 6.29. The summed E-state index contributed by atoms with van der Waals surface area (Å²) in [6.45, 7) is 0. The molecule has 1 aliphatic heterocycles. The number of benzene rings is 3. The topological polar surface area (TPSA) is 38.3 Å². The average molecular weight is 529 g/mol. The van der Waals surface area contributed by atoms with Crippen LogP contribution in [0.15, 0.2) is 60.7 Å². The van der Waals surface area contributed by atoms with E-state index in [0.29, 0.717) is 35.5 Å². The SMILES string of the molecule is O=C(CCCCl)Nc1cccc(-c2ccc3c(c2)CC(c2cc(Cl)cc(Cl)c2)(C(F)(F)F)O3)c1. The molecule has 3 aromatic rings. The van der Waals surface area contributed by atoms with Crippen molar-refractivity contribution in [1.29, 1.82) is 0 Å². The Morgan fingerprint density at radius 2 is 1.71 bits per heavy atom. The van der Waals surface area contributed by atoms with Crippen LogP contribution in [0.4, 0.5) is 18.9 Å². The van der Waals surface area contributed by atoms with Gasteiger partial charge in [-0.15, -0.1) is 11.6 Å². The van der Waals surface area contributed by atoms with Gasteiger partial charge in [0, 0.05) is 40.0 Å². The van der Waals surface area contributed by atoms with Gasteiger partial charge in [0.15, 0.2) is 0 Å². The lowest BCUT2D eigenvalue weighted by atomic mass is 9.87. The summed E-state index contributed by atoms with van der Waals surface area (Å²) >= 11 is 17.6. The maximum atomic E-state index is 14.4. The molecule has 1 aliphatic rings. The van der Waals surface area contributed by atoms with Crippen molar-refractivity contribution in [2.75, 3.05) is 11.2 Å². The zero-order valence-corrected chi connectivity index (χ0v) is 20.0. The Balaban J connectivity index is 1.65. The minimum atomic E-state index is -4.71. The molecule has 0 saturated carbocycles. The van der Waals surface area contributed by atoms with Crippen molar-refractivity contribution in [3.05, 3.63) is 81.8 Å². The maximum Gasteiger partial charge on any atom is 0.432 e. The molecule has 3 nitrogen and oxygen atoms in total. The van der Waals surface area contributed by atoms with Crippen molar-refractivity contribution in [2.45, 2.75) is 31.0 Å². The second-order valence-corrected chi connectivity index (χ2v) is 9.26. The quantitative estimate of drug-likeness (QED) is 0.329.